The largest absolute Gasteiger partial charge is 0.355 e. The molecule has 48 heavy (non-hydrogen) atoms. The Morgan fingerprint density at radius 3 is 1.00 bits per heavy atom. The molecule has 0 aromatic rings. The lowest BCUT2D eigenvalue weighted by Gasteiger charge is -2.22. The predicted molar refractivity (Wildman–Crippen MR) is 237 cm³/mol. The van der Waals surface area contributed by atoms with Crippen LogP contribution in [-0.4, -0.2) is 103 Å². The van der Waals surface area contributed by atoms with Gasteiger partial charge in [0.2, 0.25) is 0 Å². The molecule has 0 aliphatic heterocycles. The van der Waals surface area contributed by atoms with Gasteiger partial charge in [-0.05, 0) is 38.0 Å². The van der Waals surface area contributed by atoms with Crippen LogP contribution >= 0.6 is 112 Å². The molecule has 0 fully saturated rings. The van der Waals surface area contributed by atoms with Crippen LogP contribution in [0.15, 0.2) is 0 Å². The number of ether oxygens (including phenoxy) is 6. The SMILES string of the molecule is CC(C)(C)CBr.CC(C)CBr.CCC(=O)CBr.CCC(CC)CBr.CCOC(CBr)OCC.COC(C)(CBr)OC.COC(CBr)OC. The first kappa shape index (κ1) is 65.7. The topological polar surface area (TPSA) is 72.5 Å². The minimum Gasteiger partial charge on any atom is -0.355 e. The van der Waals surface area contributed by atoms with Crippen molar-refractivity contribution in [1.29, 1.82) is 0 Å². The first-order valence-electron chi connectivity index (χ1n) is 16.2. The van der Waals surface area contributed by atoms with Crippen LogP contribution in [0, 0.1) is 17.3 Å². The standard InChI is InChI=1S/C6H13BrO2.C6H13Br.C5H11BrO2.C5H11Br.C4H9BrO2.C4H7BrO.C4H9Br/c1-3-8-6(5-7)9-4-2;1-3-6(4-2)5-7;1-5(4-6,7-2)8-3;1-5(2,3)4-6;1-6-4(3-5)7-2;1-2-4(6)3-5;1-4(2)3-5/h6H,3-5H2,1-2H3;6H,3-5H2,1-2H3;4H2,1-3H3;4H2,1-3H3;4H,3H2,1-2H3;2-3H2,1H3;4H,3H2,1-2H3. The number of methoxy groups -OCH3 is 4. The van der Waals surface area contributed by atoms with E-state index in [1.54, 1.807) is 28.4 Å². The monoisotopic (exact) mass is 1150 g/mol. The molecular weight excluding hydrogens is 1080 g/mol. The zero-order chi connectivity index (χ0) is 39.6. The number of hydrogen-bond acceptors (Lipinski definition) is 7. The fourth-order valence-corrected chi connectivity index (χ4v) is 4.20. The van der Waals surface area contributed by atoms with Gasteiger partial charge in [-0.15, -0.1) is 0 Å². The van der Waals surface area contributed by atoms with Crippen LogP contribution in [0.3, 0.4) is 0 Å². The molecule has 0 spiro atoms. The van der Waals surface area contributed by atoms with E-state index in [0.29, 0.717) is 35.7 Å². The zero-order valence-corrected chi connectivity index (χ0v) is 43.9. The highest BCUT2D eigenvalue weighted by atomic mass is 79.9. The second-order valence-corrected chi connectivity index (χ2v) is 15.6. The van der Waals surface area contributed by atoms with Crippen LogP contribution in [0.5, 0.6) is 0 Å². The highest BCUT2D eigenvalue weighted by molar-refractivity contribution is 9.10. The summed E-state index contributed by atoms with van der Waals surface area (Å²) in [7, 11) is 6.44. The molecule has 0 saturated carbocycles. The van der Waals surface area contributed by atoms with Gasteiger partial charge < -0.3 is 28.4 Å². The summed E-state index contributed by atoms with van der Waals surface area (Å²) in [6, 6.07) is 0. The smallest absolute Gasteiger partial charge is 0.174 e. The third-order valence-corrected chi connectivity index (χ3v) is 11.8. The van der Waals surface area contributed by atoms with Crippen molar-refractivity contribution in [1.82, 2.24) is 0 Å². The molecule has 0 aromatic heterocycles. The Bertz CT molecular complexity index is 519. The van der Waals surface area contributed by atoms with Gasteiger partial charge >= 0.3 is 0 Å². The summed E-state index contributed by atoms with van der Waals surface area (Å²) in [5.74, 6) is 1.50. The number of carbonyl (C=O) groups is 1. The van der Waals surface area contributed by atoms with Crippen molar-refractivity contribution in [2.45, 2.75) is 114 Å². The third-order valence-electron chi connectivity index (χ3n) is 5.22. The molecule has 0 bridgehead atoms. The van der Waals surface area contributed by atoms with Gasteiger partial charge in [0.1, 0.15) is 5.78 Å². The number of Topliss-reactive ketones (excluding diaryl/α,β-unsaturated/α-hetero) is 1. The lowest BCUT2D eigenvalue weighted by Crippen LogP contribution is -2.31. The van der Waals surface area contributed by atoms with Gasteiger partial charge in [0.15, 0.2) is 18.4 Å². The number of carbonyl (C=O) groups excluding carboxylic acids is 1. The first-order chi connectivity index (χ1) is 22.4. The molecule has 7 nitrogen and oxygen atoms in total. The summed E-state index contributed by atoms with van der Waals surface area (Å²) < 4.78 is 29.8. The van der Waals surface area contributed by atoms with E-state index in [-0.39, 0.29) is 18.4 Å². The van der Waals surface area contributed by atoms with E-state index in [4.69, 9.17) is 28.4 Å². The summed E-state index contributed by atoms with van der Waals surface area (Å²) in [6.07, 6.45) is 3.09. The number of ketones is 1. The van der Waals surface area contributed by atoms with Gasteiger partial charge in [-0.1, -0.05) is 180 Å². The molecule has 0 aliphatic rings. The molecule has 0 aromatic carbocycles. The van der Waals surface area contributed by atoms with E-state index >= 15 is 0 Å². The van der Waals surface area contributed by atoms with E-state index in [1.807, 2.05) is 27.7 Å². The average Bonchev–Trinajstić information content (AvgIpc) is 3.10. The summed E-state index contributed by atoms with van der Waals surface area (Å²) >= 11 is 22.8. The Labute approximate surface area is 357 Å². The summed E-state index contributed by atoms with van der Waals surface area (Å²) in [4.78, 5) is 10.1. The minimum absolute atomic E-state index is 0.0694. The lowest BCUT2D eigenvalue weighted by atomic mass is 10.0. The van der Waals surface area contributed by atoms with Crippen LogP contribution in [0.2, 0.25) is 0 Å². The Hall–Kier alpha value is 2.79. The number of rotatable bonds is 17. The van der Waals surface area contributed by atoms with Crippen molar-refractivity contribution in [2.75, 3.05) is 79.0 Å². The Morgan fingerprint density at radius 2 is 0.958 bits per heavy atom. The van der Waals surface area contributed by atoms with Crippen LogP contribution in [0.25, 0.3) is 0 Å². The summed E-state index contributed by atoms with van der Waals surface area (Å²) in [5, 5.41) is 6.03. The van der Waals surface area contributed by atoms with E-state index in [2.05, 4.69) is 160 Å². The predicted octanol–water partition coefficient (Wildman–Crippen LogP) is 12.8. The second-order valence-electron chi connectivity index (χ2n) is 11.3. The highest BCUT2D eigenvalue weighted by Crippen LogP contribution is 2.15. The third kappa shape index (κ3) is 67.0. The molecule has 0 heterocycles. The Morgan fingerprint density at radius 1 is 0.604 bits per heavy atom. The maximum atomic E-state index is 10.1. The van der Waals surface area contributed by atoms with Gasteiger partial charge in [0, 0.05) is 64.1 Å². The molecule has 0 amide bonds. The van der Waals surface area contributed by atoms with Crippen molar-refractivity contribution in [3.8, 4) is 0 Å². The molecule has 0 saturated heterocycles. The van der Waals surface area contributed by atoms with Crippen molar-refractivity contribution in [2.24, 2.45) is 17.3 Å². The Kier molecular flexibility index (Phi) is 71.0. The summed E-state index contributed by atoms with van der Waals surface area (Å²) in [6.45, 7) is 24.4. The lowest BCUT2D eigenvalue weighted by molar-refractivity contribution is -0.174. The molecule has 300 valence electrons. The number of hydrogen-bond donors (Lipinski definition) is 0. The van der Waals surface area contributed by atoms with Gasteiger partial charge in [-0.2, -0.15) is 0 Å². The number of alkyl halides is 7. The normalized spacial score (nSPS) is 10.5. The van der Waals surface area contributed by atoms with Crippen molar-refractivity contribution in [3.63, 3.8) is 0 Å². The van der Waals surface area contributed by atoms with Crippen molar-refractivity contribution in [3.05, 3.63) is 0 Å². The molecular formula is C34H73Br7O7. The maximum absolute atomic E-state index is 10.1. The quantitative estimate of drug-likeness (QED) is 0.106. The number of halogens is 7. The van der Waals surface area contributed by atoms with E-state index in [0.717, 1.165) is 33.2 Å². The van der Waals surface area contributed by atoms with E-state index in [1.165, 1.54) is 18.2 Å². The summed E-state index contributed by atoms with van der Waals surface area (Å²) in [5.41, 5.74) is 0.458. The fourth-order valence-electron chi connectivity index (χ4n) is 1.53. The minimum atomic E-state index is -0.458. The maximum Gasteiger partial charge on any atom is 0.174 e. The molecule has 0 aliphatic carbocycles. The van der Waals surface area contributed by atoms with E-state index < -0.39 is 5.79 Å². The molecule has 0 radical (unpaired) electrons. The van der Waals surface area contributed by atoms with Crippen molar-refractivity contribution < 1.29 is 33.2 Å². The van der Waals surface area contributed by atoms with Crippen LogP contribution in [0.4, 0.5) is 0 Å². The molecule has 0 unspecified atom stereocenters. The highest BCUT2D eigenvalue weighted by Gasteiger charge is 2.19. The van der Waals surface area contributed by atoms with Gasteiger partial charge in [-0.3, -0.25) is 4.79 Å². The fraction of sp³-hybridized carbons (Fsp3) is 0.971. The second kappa shape index (κ2) is 51.9. The molecule has 0 N–H and O–H groups in total. The van der Waals surface area contributed by atoms with Crippen LogP contribution < -0.4 is 0 Å². The molecule has 14 heteroatoms. The Balaban J connectivity index is -0.0000000823. The zero-order valence-electron chi connectivity index (χ0n) is 32.8. The van der Waals surface area contributed by atoms with Gasteiger partial charge in [0.25, 0.3) is 0 Å². The van der Waals surface area contributed by atoms with Gasteiger partial charge in [0.05, 0.1) is 21.3 Å². The molecule has 0 rings (SSSR count). The van der Waals surface area contributed by atoms with Crippen molar-refractivity contribution >= 4 is 117 Å². The van der Waals surface area contributed by atoms with Crippen LogP contribution in [-0.2, 0) is 33.2 Å². The van der Waals surface area contributed by atoms with Gasteiger partial charge in [-0.25, -0.2) is 0 Å². The van der Waals surface area contributed by atoms with Crippen LogP contribution in [0.1, 0.15) is 95.4 Å². The van der Waals surface area contributed by atoms with E-state index in [9.17, 15) is 4.79 Å². The first-order valence-corrected chi connectivity index (χ1v) is 24.0. The molecule has 0 atom stereocenters. The average molecular weight is 1150 g/mol.